The van der Waals surface area contributed by atoms with Crippen LogP contribution in [0.15, 0.2) is 48.9 Å². The van der Waals surface area contributed by atoms with E-state index in [4.69, 9.17) is 4.74 Å². The zero-order chi connectivity index (χ0) is 22.8. The predicted octanol–water partition coefficient (Wildman–Crippen LogP) is 2.26. The SMILES string of the molecule is CCOC(=O)c1cnn2c(-c3cccc(NC(=O)c4cnn(C)c4C(=O)O)c3)ccnc12. The molecule has 32 heavy (non-hydrogen) atoms. The maximum atomic E-state index is 12.6. The van der Waals surface area contributed by atoms with Crippen LogP contribution >= 0.6 is 0 Å². The lowest BCUT2D eigenvalue weighted by atomic mass is 10.1. The summed E-state index contributed by atoms with van der Waals surface area (Å²) in [6.45, 7) is 1.95. The first-order valence-corrected chi connectivity index (χ1v) is 9.57. The summed E-state index contributed by atoms with van der Waals surface area (Å²) in [4.78, 5) is 40.4. The number of aromatic nitrogens is 5. The molecule has 0 aliphatic heterocycles. The minimum Gasteiger partial charge on any atom is -0.477 e. The van der Waals surface area contributed by atoms with Gasteiger partial charge in [0.15, 0.2) is 11.3 Å². The number of carbonyl (C=O) groups is 3. The number of carbonyl (C=O) groups excluding carboxylic acids is 2. The minimum atomic E-state index is -1.25. The average molecular weight is 434 g/mol. The summed E-state index contributed by atoms with van der Waals surface area (Å²) in [7, 11) is 1.45. The van der Waals surface area contributed by atoms with Crippen molar-refractivity contribution >= 4 is 29.2 Å². The van der Waals surface area contributed by atoms with Gasteiger partial charge < -0.3 is 15.2 Å². The van der Waals surface area contributed by atoms with Gasteiger partial charge in [0.05, 0.1) is 30.3 Å². The Labute approximate surface area is 181 Å². The highest BCUT2D eigenvalue weighted by Crippen LogP contribution is 2.24. The smallest absolute Gasteiger partial charge is 0.354 e. The second-order valence-corrected chi connectivity index (χ2v) is 6.71. The summed E-state index contributed by atoms with van der Waals surface area (Å²) in [5.74, 6) is -2.37. The van der Waals surface area contributed by atoms with Gasteiger partial charge in [-0.1, -0.05) is 12.1 Å². The Morgan fingerprint density at radius 2 is 1.91 bits per heavy atom. The first-order chi connectivity index (χ1) is 15.4. The number of aromatic carboxylic acids is 1. The molecule has 0 fully saturated rings. The molecule has 3 aromatic heterocycles. The molecular weight excluding hydrogens is 416 g/mol. The number of carboxylic acids is 1. The van der Waals surface area contributed by atoms with Gasteiger partial charge in [-0.3, -0.25) is 9.48 Å². The van der Waals surface area contributed by atoms with Crippen LogP contribution in [0.3, 0.4) is 0 Å². The maximum absolute atomic E-state index is 12.6. The van der Waals surface area contributed by atoms with Gasteiger partial charge in [0.25, 0.3) is 5.91 Å². The molecule has 0 unspecified atom stereocenters. The van der Waals surface area contributed by atoms with E-state index in [2.05, 4.69) is 20.5 Å². The molecular formula is C21H18N6O5. The van der Waals surface area contributed by atoms with Crippen LogP contribution in [-0.2, 0) is 11.8 Å². The summed E-state index contributed by atoms with van der Waals surface area (Å²) < 4.78 is 7.68. The van der Waals surface area contributed by atoms with Crippen molar-refractivity contribution in [2.24, 2.45) is 7.05 Å². The standard InChI is InChI=1S/C21H18N6O5/c1-3-32-21(31)15-11-24-27-16(7-8-22-18(15)27)12-5-4-6-13(9-12)25-19(28)14-10-23-26(2)17(14)20(29)30/h4-11H,3H2,1-2H3,(H,25,28)(H,29,30). The van der Waals surface area contributed by atoms with Crippen molar-refractivity contribution in [3.05, 3.63) is 65.7 Å². The summed E-state index contributed by atoms with van der Waals surface area (Å²) in [5.41, 5.74) is 2.09. The van der Waals surface area contributed by atoms with E-state index in [9.17, 15) is 19.5 Å². The van der Waals surface area contributed by atoms with Crippen LogP contribution in [0.5, 0.6) is 0 Å². The van der Waals surface area contributed by atoms with Crippen LogP contribution < -0.4 is 5.32 Å². The van der Waals surface area contributed by atoms with E-state index in [1.165, 1.54) is 24.0 Å². The average Bonchev–Trinajstić information content (AvgIpc) is 3.37. The maximum Gasteiger partial charge on any atom is 0.354 e. The first-order valence-electron chi connectivity index (χ1n) is 9.57. The van der Waals surface area contributed by atoms with Crippen LogP contribution in [0.4, 0.5) is 5.69 Å². The van der Waals surface area contributed by atoms with E-state index in [1.807, 2.05) is 6.07 Å². The molecule has 0 saturated heterocycles. The molecule has 0 radical (unpaired) electrons. The fraction of sp³-hybridized carbons (Fsp3) is 0.143. The number of ether oxygens (including phenoxy) is 1. The molecule has 0 saturated carbocycles. The number of fused-ring (bicyclic) bond motifs is 1. The van der Waals surface area contributed by atoms with Gasteiger partial charge in [-0.2, -0.15) is 10.2 Å². The number of nitrogens with zero attached hydrogens (tertiary/aromatic N) is 5. The number of carboxylic acid groups (broad SMARTS) is 1. The lowest BCUT2D eigenvalue weighted by Gasteiger charge is -2.09. The van der Waals surface area contributed by atoms with Crippen molar-refractivity contribution in [3.8, 4) is 11.3 Å². The summed E-state index contributed by atoms with van der Waals surface area (Å²) in [6.07, 6.45) is 4.15. The first kappa shape index (κ1) is 20.7. The van der Waals surface area contributed by atoms with Gasteiger partial charge in [-0.05, 0) is 25.1 Å². The molecule has 162 valence electrons. The Balaban J connectivity index is 1.67. The predicted molar refractivity (Wildman–Crippen MR) is 113 cm³/mol. The van der Waals surface area contributed by atoms with Crippen LogP contribution in [0.1, 0.15) is 38.1 Å². The van der Waals surface area contributed by atoms with Crippen molar-refractivity contribution in [2.75, 3.05) is 11.9 Å². The van der Waals surface area contributed by atoms with E-state index in [-0.39, 0.29) is 23.4 Å². The summed E-state index contributed by atoms with van der Waals surface area (Å²) >= 11 is 0. The molecule has 4 aromatic rings. The van der Waals surface area contributed by atoms with Crippen molar-refractivity contribution in [2.45, 2.75) is 6.92 Å². The highest BCUT2D eigenvalue weighted by molar-refractivity contribution is 6.10. The van der Waals surface area contributed by atoms with E-state index >= 15 is 0 Å². The minimum absolute atomic E-state index is 0.0529. The van der Waals surface area contributed by atoms with Gasteiger partial charge in [-0.25, -0.2) is 19.1 Å². The highest BCUT2D eigenvalue weighted by atomic mass is 16.5. The number of nitrogens with one attached hydrogen (secondary N) is 1. The molecule has 0 atom stereocenters. The van der Waals surface area contributed by atoms with E-state index in [1.54, 1.807) is 37.4 Å². The van der Waals surface area contributed by atoms with E-state index < -0.39 is 17.8 Å². The Kier molecular flexibility index (Phi) is 5.37. The highest BCUT2D eigenvalue weighted by Gasteiger charge is 2.22. The van der Waals surface area contributed by atoms with E-state index in [0.29, 0.717) is 22.6 Å². The quantitative estimate of drug-likeness (QED) is 0.440. The second-order valence-electron chi connectivity index (χ2n) is 6.71. The third kappa shape index (κ3) is 3.67. The lowest BCUT2D eigenvalue weighted by Crippen LogP contribution is -2.17. The largest absolute Gasteiger partial charge is 0.477 e. The number of anilines is 1. The Morgan fingerprint density at radius 1 is 1.12 bits per heavy atom. The molecule has 0 bridgehead atoms. The van der Waals surface area contributed by atoms with Gasteiger partial charge in [0.2, 0.25) is 0 Å². The van der Waals surface area contributed by atoms with Crippen molar-refractivity contribution in [1.82, 2.24) is 24.4 Å². The molecule has 0 aliphatic carbocycles. The molecule has 11 heteroatoms. The fourth-order valence-corrected chi connectivity index (χ4v) is 3.27. The van der Waals surface area contributed by atoms with E-state index in [0.717, 1.165) is 4.68 Å². The number of aryl methyl sites for hydroxylation is 1. The molecule has 3 heterocycles. The second kappa shape index (κ2) is 8.30. The number of hydrogen-bond donors (Lipinski definition) is 2. The van der Waals surface area contributed by atoms with Crippen molar-refractivity contribution in [1.29, 1.82) is 0 Å². The Hall–Kier alpha value is -4.54. The fourth-order valence-electron chi connectivity index (χ4n) is 3.27. The zero-order valence-corrected chi connectivity index (χ0v) is 17.1. The molecule has 0 spiro atoms. The van der Waals surface area contributed by atoms with Gasteiger partial charge in [-0.15, -0.1) is 0 Å². The van der Waals surface area contributed by atoms with Crippen molar-refractivity contribution in [3.63, 3.8) is 0 Å². The summed E-state index contributed by atoms with van der Waals surface area (Å²) in [5, 5.41) is 20.1. The number of rotatable bonds is 6. The molecule has 1 amide bonds. The molecule has 11 nitrogen and oxygen atoms in total. The molecule has 1 aromatic carbocycles. The van der Waals surface area contributed by atoms with Crippen LogP contribution in [0, 0.1) is 0 Å². The summed E-state index contributed by atoms with van der Waals surface area (Å²) in [6, 6.07) is 8.63. The Bertz CT molecular complexity index is 1360. The Morgan fingerprint density at radius 3 is 2.66 bits per heavy atom. The van der Waals surface area contributed by atoms with Crippen molar-refractivity contribution < 1.29 is 24.2 Å². The monoisotopic (exact) mass is 434 g/mol. The third-order valence-corrected chi connectivity index (χ3v) is 4.70. The molecule has 0 aliphatic rings. The number of hydrogen-bond acceptors (Lipinski definition) is 7. The zero-order valence-electron chi connectivity index (χ0n) is 17.1. The van der Waals surface area contributed by atoms with Gasteiger partial charge in [0, 0.05) is 24.5 Å². The number of amides is 1. The lowest BCUT2D eigenvalue weighted by molar-refractivity contribution is 0.0527. The number of esters is 1. The topological polar surface area (TPSA) is 141 Å². The van der Waals surface area contributed by atoms with Gasteiger partial charge >= 0.3 is 11.9 Å². The normalized spacial score (nSPS) is 10.8. The molecule has 2 N–H and O–H groups in total. The number of benzene rings is 1. The van der Waals surface area contributed by atoms with Crippen LogP contribution in [0.2, 0.25) is 0 Å². The third-order valence-electron chi connectivity index (χ3n) is 4.70. The van der Waals surface area contributed by atoms with Gasteiger partial charge in [0.1, 0.15) is 5.56 Å². The van der Waals surface area contributed by atoms with Crippen LogP contribution in [-0.4, -0.2) is 53.9 Å². The molecule has 4 rings (SSSR count). The van der Waals surface area contributed by atoms with Crippen LogP contribution in [0.25, 0.3) is 16.9 Å².